The first-order valence-corrected chi connectivity index (χ1v) is 7.71. The van der Waals surface area contributed by atoms with Crippen molar-refractivity contribution < 1.29 is 19.4 Å². The zero-order valence-electron chi connectivity index (χ0n) is 12.9. The number of hydrogen-bond donors (Lipinski definition) is 1. The van der Waals surface area contributed by atoms with Gasteiger partial charge in [0.05, 0.1) is 0 Å². The highest BCUT2D eigenvalue weighted by Gasteiger charge is 2.28. The molecule has 120 valence electrons. The molecule has 1 saturated carbocycles. The lowest BCUT2D eigenvalue weighted by Gasteiger charge is -2.33. The molecule has 1 N–H and O–H groups in total. The van der Waals surface area contributed by atoms with E-state index in [1.807, 2.05) is 30.3 Å². The van der Waals surface area contributed by atoms with Gasteiger partial charge < -0.3 is 14.7 Å². The molecule has 0 heterocycles. The van der Waals surface area contributed by atoms with Gasteiger partial charge in [-0.15, -0.1) is 0 Å². The van der Waals surface area contributed by atoms with E-state index in [0.29, 0.717) is 0 Å². The number of carboxylic acid groups (broad SMARTS) is 1. The lowest BCUT2D eigenvalue weighted by atomic mass is 9.84. The number of hydrogen-bond acceptors (Lipinski definition) is 3. The summed E-state index contributed by atoms with van der Waals surface area (Å²) in [7, 11) is 1.76. The maximum absolute atomic E-state index is 12.1. The van der Waals surface area contributed by atoms with Gasteiger partial charge in [0.2, 0.25) is 0 Å². The number of nitrogens with zero attached hydrogens (tertiary/aromatic N) is 1. The molecular weight excluding hydrogens is 282 g/mol. The van der Waals surface area contributed by atoms with Crippen molar-refractivity contribution in [3.63, 3.8) is 0 Å². The van der Waals surface area contributed by atoms with E-state index in [2.05, 4.69) is 0 Å². The monoisotopic (exact) mass is 305 g/mol. The molecule has 1 aliphatic rings. The van der Waals surface area contributed by atoms with E-state index in [4.69, 9.17) is 9.84 Å². The van der Waals surface area contributed by atoms with Crippen LogP contribution >= 0.6 is 0 Å². The van der Waals surface area contributed by atoms with Crippen molar-refractivity contribution in [2.75, 3.05) is 7.05 Å². The number of ether oxygens (including phenoxy) is 1. The van der Waals surface area contributed by atoms with Crippen molar-refractivity contribution in [1.29, 1.82) is 0 Å². The Morgan fingerprint density at radius 1 is 1.18 bits per heavy atom. The van der Waals surface area contributed by atoms with Crippen LogP contribution in [0.1, 0.15) is 37.7 Å². The first-order chi connectivity index (χ1) is 10.6. The van der Waals surface area contributed by atoms with E-state index in [9.17, 15) is 9.59 Å². The lowest BCUT2D eigenvalue weighted by molar-refractivity contribution is -0.138. The molecule has 0 atom stereocenters. The third-order valence-corrected chi connectivity index (χ3v) is 4.32. The molecule has 5 heteroatoms. The Kier molecular flexibility index (Phi) is 5.81. The summed E-state index contributed by atoms with van der Waals surface area (Å²) in [6.45, 7) is 0.276. The predicted molar refractivity (Wildman–Crippen MR) is 82.4 cm³/mol. The molecule has 1 aromatic rings. The van der Waals surface area contributed by atoms with E-state index in [1.54, 1.807) is 11.9 Å². The second-order valence-electron chi connectivity index (χ2n) is 5.92. The summed E-state index contributed by atoms with van der Waals surface area (Å²) < 4.78 is 5.33. The Morgan fingerprint density at radius 2 is 1.82 bits per heavy atom. The molecule has 0 spiro atoms. The first-order valence-electron chi connectivity index (χ1n) is 7.71. The lowest BCUT2D eigenvalue weighted by Crippen LogP contribution is -2.39. The van der Waals surface area contributed by atoms with Gasteiger partial charge in [0, 0.05) is 19.5 Å². The van der Waals surface area contributed by atoms with Crippen LogP contribution in [0.2, 0.25) is 0 Å². The van der Waals surface area contributed by atoms with Gasteiger partial charge in [-0.25, -0.2) is 4.79 Å². The van der Waals surface area contributed by atoms with Gasteiger partial charge in [-0.3, -0.25) is 4.79 Å². The van der Waals surface area contributed by atoms with Crippen molar-refractivity contribution in [3.8, 4) is 0 Å². The number of carbonyl (C=O) groups excluding carboxylic acids is 1. The standard InChI is InChI=1S/C17H23NO4/c1-18(15-9-7-13(8-10-15)11-16(19)20)17(21)22-12-14-5-3-2-4-6-14/h2-6,13,15H,7-12H2,1H3,(H,19,20)/t13-,15-. The predicted octanol–water partition coefficient (Wildman–Crippen LogP) is 3.29. The number of benzene rings is 1. The third kappa shape index (κ3) is 4.76. The van der Waals surface area contributed by atoms with Crippen LogP contribution < -0.4 is 0 Å². The molecular formula is C17H23NO4. The third-order valence-electron chi connectivity index (χ3n) is 4.32. The maximum Gasteiger partial charge on any atom is 0.410 e. The highest BCUT2D eigenvalue weighted by molar-refractivity contribution is 5.68. The smallest absolute Gasteiger partial charge is 0.410 e. The van der Waals surface area contributed by atoms with E-state index in [0.717, 1.165) is 31.2 Å². The minimum absolute atomic E-state index is 0.147. The molecule has 1 aromatic carbocycles. The minimum Gasteiger partial charge on any atom is -0.481 e. The number of carboxylic acids is 1. The fourth-order valence-corrected chi connectivity index (χ4v) is 2.95. The maximum atomic E-state index is 12.1. The Hall–Kier alpha value is -2.04. The molecule has 22 heavy (non-hydrogen) atoms. The molecule has 1 fully saturated rings. The summed E-state index contributed by atoms with van der Waals surface area (Å²) in [5.74, 6) is -0.499. The summed E-state index contributed by atoms with van der Waals surface area (Å²) in [5.41, 5.74) is 0.967. The highest BCUT2D eigenvalue weighted by Crippen LogP contribution is 2.29. The number of rotatable bonds is 5. The van der Waals surface area contributed by atoms with Gasteiger partial charge in [0.25, 0.3) is 0 Å². The van der Waals surface area contributed by atoms with Gasteiger partial charge in [-0.05, 0) is 37.2 Å². The fraction of sp³-hybridized carbons (Fsp3) is 0.529. The normalized spacial score (nSPS) is 21.1. The second kappa shape index (κ2) is 7.82. The van der Waals surface area contributed by atoms with Crippen molar-refractivity contribution in [1.82, 2.24) is 4.90 Å². The van der Waals surface area contributed by atoms with Crippen LogP contribution in [0.5, 0.6) is 0 Å². The molecule has 5 nitrogen and oxygen atoms in total. The average Bonchev–Trinajstić information content (AvgIpc) is 2.53. The van der Waals surface area contributed by atoms with E-state index in [1.165, 1.54) is 0 Å². The molecule has 0 bridgehead atoms. The summed E-state index contributed by atoms with van der Waals surface area (Å²) in [6, 6.07) is 9.74. The zero-order valence-corrected chi connectivity index (χ0v) is 12.9. The Balaban J connectivity index is 1.75. The van der Waals surface area contributed by atoms with Crippen LogP contribution in [0.15, 0.2) is 30.3 Å². The van der Waals surface area contributed by atoms with Crippen LogP contribution in [0.4, 0.5) is 4.79 Å². The van der Waals surface area contributed by atoms with Crippen molar-refractivity contribution in [2.45, 2.75) is 44.8 Å². The Morgan fingerprint density at radius 3 is 2.41 bits per heavy atom. The second-order valence-corrected chi connectivity index (χ2v) is 5.92. The fourth-order valence-electron chi connectivity index (χ4n) is 2.95. The van der Waals surface area contributed by atoms with Gasteiger partial charge in [-0.1, -0.05) is 30.3 Å². The molecule has 2 rings (SSSR count). The molecule has 0 aliphatic heterocycles. The van der Waals surface area contributed by atoms with Crippen LogP contribution in [-0.4, -0.2) is 35.2 Å². The molecule has 1 amide bonds. The molecule has 0 aromatic heterocycles. The van der Waals surface area contributed by atoms with Crippen molar-refractivity contribution >= 4 is 12.1 Å². The van der Waals surface area contributed by atoms with Gasteiger partial charge in [0.15, 0.2) is 0 Å². The quantitative estimate of drug-likeness (QED) is 0.906. The van der Waals surface area contributed by atoms with Crippen molar-refractivity contribution in [2.24, 2.45) is 5.92 Å². The van der Waals surface area contributed by atoms with Crippen LogP contribution in [-0.2, 0) is 16.1 Å². The minimum atomic E-state index is -0.737. The molecule has 0 radical (unpaired) electrons. The topological polar surface area (TPSA) is 66.8 Å². The largest absolute Gasteiger partial charge is 0.481 e. The summed E-state index contributed by atoms with van der Waals surface area (Å²) in [4.78, 5) is 24.5. The van der Waals surface area contributed by atoms with Crippen LogP contribution in [0.3, 0.4) is 0 Å². The van der Waals surface area contributed by atoms with Crippen LogP contribution in [0.25, 0.3) is 0 Å². The summed E-state index contributed by atoms with van der Waals surface area (Å²) in [6.07, 6.45) is 3.31. The highest BCUT2D eigenvalue weighted by atomic mass is 16.6. The SMILES string of the molecule is CN(C(=O)OCc1ccccc1)[C@H]1CC[C@H](CC(=O)O)CC1. The summed E-state index contributed by atoms with van der Waals surface area (Å²) >= 11 is 0. The van der Waals surface area contributed by atoms with Gasteiger partial charge >= 0.3 is 12.1 Å². The van der Waals surface area contributed by atoms with Gasteiger partial charge in [0.1, 0.15) is 6.61 Å². The molecule has 0 unspecified atom stereocenters. The van der Waals surface area contributed by atoms with E-state index >= 15 is 0 Å². The number of amides is 1. The zero-order chi connectivity index (χ0) is 15.9. The van der Waals surface area contributed by atoms with Gasteiger partial charge in [-0.2, -0.15) is 0 Å². The van der Waals surface area contributed by atoms with E-state index < -0.39 is 5.97 Å². The summed E-state index contributed by atoms with van der Waals surface area (Å²) in [5, 5.41) is 8.82. The molecule has 1 aliphatic carbocycles. The Labute approximate surface area is 130 Å². The number of aliphatic carboxylic acids is 1. The Bertz CT molecular complexity index is 495. The van der Waals surface area contributed by atoms with E-state index in [-0.39, 0.29) is 31.1 Å². The van der Waals surface area contributed by atoms with Crippen molar-refractivity contribution in [3.05, 3.63) is 35.9 Å². The van der Waals surface area contributed by atoms with Crippen LogP contribution in [0, 0.1) is 5.92 Å². The number of carbonyl (C=O) groups is 2. The first kappa shape index (κ1) is 16.3. The molecule has 0 saturated heterocycles. The average molecular weight is 305 g/mol.